The van der Waals surface area contributed by atoms with Gasteiger partial charge in [-0.1, -0.05) is 27.5 Å². The fraction of sp³-hybridized carbons (Fsp3) is 0.200. The second kappa shape index (κ2) is 6.88. The highest BCUT2D eigenvalue weighted by Crippen LogP contribution is 2.38. The van der Waals surface area contributed by atoms with E-state index in [1.165, 1.54) is 19.2 Å². The molecule has 2 aromatic rings. The highest BCUT2D eigenvalue weighted by molar-refractivity contribution is 9.10. The molecule has 2 N–H and O–H groups in total. The average Bonchev–Trinajstić information content (AvgIpc) is 2.46. The van der Waals surface area contributed by atoms with Gasteiger partial charge in [0.1, 0.15) is 0 Å². The number of benzene rings is 2. The molecule has 0 aliphatic heterocycles. The maximum absolute atomic E-state index is 13.0. The summed E-state index contributed by atoms with van der Waals surface area (Å²) in [7, 11) is 1.39. The molecule has 2 aromatic carbocycles. The number of aromatic hydroxyl groups is 1. The largest absolute Gasteiger partial charge is 0.504 e. The van der Waals surface area contributed by atoms with Crippen molar-refractivity contribution in [2.75, 3.05) is 12.4 Å². The zero-order valence-electron chi connectivity index (χ0n) is 11.8. The molecule has 0 aliphatic carbocycles. The molecular weight excluding hydrogens is 399 g/mol. The van der Waals surface area contributed by atoms with Crippen molar-refractivity contribution in [3.8, 4) is 11.5 Å². The number of phenols is 1. The van der Waals surface area contributed by atoms with E-state index in [9.17, 15) is 18.3 Å². The van der Waals surface area contributed by atoms with Crippen molar-refractivity contribution in [3.63, 3.8) is 0 Å². The standard InChI is InChI=1S/C15H12BrClF3NO2/c1-23-13-5-9(16)4-8(14(13)22)7-21-12-6-10(17)2-3-11(12)15(18,19)20/h2-6,21-22H,7H2,1H3. The molecule has 0 spiro atoms. The highest BCUT2D eigenvalue weighted by Gasteiger charge is 2.33. The van der Waals surface area contributed by atoms with Gasteiger partial charge in [-0.3, -0.25) is 0 Å². The highest BCUT2D eigenvalue weighted by atomic mass is 79.9. The minimum atomic E-state index is -4.51. The van der Waals surface area contributed by atoms with Crippen LogP contribution >= 0.6 is 27.5 Å². The van der Waals surface area contributed by atoms with Gasteiger partial charge in [0, 0.05) is 27.3 Å². The summed E-state index contributed by atoms with van der Waals surface area (Å²) < 4.78 is 44.7. The van der Waals surface area contributed by atoms with Crippen molar-refractivity contribution in [3.05, 3.63) is 51.0 Å². The van der Waals surface area contributed by atoms with E-state index < -0.39 is 11.7 Å². The van der Waals surface area contributed by atoms with Crippen LogP contribution in [0, 0.1) is 0 Å². The van der Waals surface area contributed by atoms with Crippen LogP contribution in [0.3, 0.4) is 0 Å². The van der Waals surface area contributed by atoms with Gasteiger partial charge >= 0.3 is 6.18 Å². The molecule has 0 aliphatic rings. The first-order valence-electron chi connectivity index (χ1n) is 6.38. The molecule has 0 atom stereocenters. The summed E-state index contributed by atoms with van der Waals surface area (Å²) in [5.74, 6) is 0.0806. The third-order valence-electron chi connectivity index (χ3n) is 3.09. The molecule has 0 fully saturated rings. The van der Waals surface area contributed by atoms with Crippen LogP contribution in [-0.2, 0) is 12.7 Å². The van der Waals surface area contributed by atoms with Crippen molar-refractivity contribution in [1.29, 1.82) is 0 Å². The minimum absolute atomic E-state index is 0.0367. The molecule has 0 aromatic heterocycles. The number of rotatable bonds is 4. The van der Waals surface area contributed by atoms with Crippen molar-refractivity contribution in [2.45, 2.75) is 12.7 Å². The van der Waals surface area contributed by atoms with E-state index in [2.05, 4.69) is 21.2 Å². The Hall–Kier alpha value is -1.60. The van der Waals surface area contributed by atoms with Gasteiger partial charge in [-0.25, -0.2) is 0 Å². The molecule has 0 unspecified atom stereocenters. The molecule has 0 bridgehead atoms. The van der Waals surface area contributed by atoms with E-state index in [-0.39, 0.29) is 28.8 Å². The zero-order chi connectivity index (χ0) is 17.2. The van der Waals surface area contributed by atoms with E-state index >= 15 is 0 Å². The smallest absolute Gasteiger partial charge is 0.418 e. The number of methoxy groups -OCH3 is 1. The predicted molar refractivity (Wildman–Crippen MR) is 86.1 cm³/mol. The Morgan fingerprint density at radius 2 is 1.96 bits per heavy atom. The van der Waals surface area contributed by atoms with Crippen molar-refractivity contribution >= 4 is 33.2 Å². The lowest BCUT2D eigenvalue weighted by Gasteiger charge is -2.16. The minimum Gasteiger partial charge on any atom is -0.504 e. The Kier molecular flexibility index (Phi) is 5.31. The molecular formula is C15H12BrClF3NO2. The van der Waals surface area contributed by atoms with Gasteiger partial charge < -0.3 is 15.2 Å². The van der Waals surface area contributed by atoms with E-state index in [1.54, 1.807) is 12.1 Å². The summed E-state index contributed by atoms with van der Waals surface area (Å²) in [6.07, 6.45) is -4.51. The Balaban J connectivity index is 2.32. The van der Waals surface area contributed by atoms with Crippen LogP contribution in [0.2, 0.25) is 5.02 Å². The second-order valence-corrected chi connectivity index (χ2v) is 6.01. The van der Waals surface area contributed by atoms with E-state index in [1.807, 2.05) is 0 Å². The molecule has 3 nitrogen and oxygen atoms in total. The lowest BCUT2D eigenvalue weighted by atomic mass is 10.1. The lowest BCUT2D eigenvalue weighted by Crippen LogP contribution is -2.11. The molecule has 0 radical (unpaired) electrons. The van der Waals surface area contributed by atoms with Gasteiger partial charge in [0.15, 0.2) is 11.5 Å². The van der Waals surface area contributed by atoms with E-state index in [4.69, 9.17) is 16.3 Å². The number of alkyl halides is 3. The fourth-order valence-electron chi connectivity index (χ4n) is 2.02. The van der Waals surface area contributed by atoms with Crippen LogP contribution in [0.1, 0.15) is 11.1 Å². The normalized spacial score (nSPS) is 11.4. The molecule has 0 heterocycles. The summed E-state index contributed by atoms with van der Waals surface area (Å²) in [4.78, 5) is 0. The lowest BCUT2D eigenvalue weighted by molar-refractivity contribution is -0.136. The topological polar surface area (TPSA) is 41.5 Å². The first-order valence-corrected chi connectivity index (χ1v) is 7.55. The number of anilines is 1. The first-order chi connectivity index (χ1) is 10.7. The van der Waals surface area contributed by atoms with Crippen LogP contribution in [0.25, 0.3) is 0 Å². The van der Waals surface area contributed by atoms with Gasteiger partial charge in [0.2, 0.25) is 0 Å². The van der Waals surface area contributed by atoms with Gasteiger partial charge in [-0.05, 0) is 30.3 Å². The first kappa shape index (κ1) is 17.7. The SMILES string of the molecule is COc1cc(Br)cc(CNc2cc(Cl)ccc2C(F)(F)F)c1O. The third-order valence-corrected chi connectivity index (χ3v) is 3.79. The Bertz CT molecular complexity index is 723. The van der Waals surface area contributed by atoms with E-state index in [0.717, 1.165) is 6.07 Å². The van der Waals surface area contributed by atoms with Crippen molar-refractivity contribution in [1.82, 2.24) is 0 Å². The van der Waals surface area contributed by atoms with Crippen LogP contribution in [-0.4, -0.2) is 12.2 Å². The number of hydrogen-bond donors (Lipinski definition) is 2. The zero-order valence-corrected chi connectivity index (χ0v) is 14.2. The average molecular weight is 411 g/mol. The van der Waals surface area contributed by atoms with Crippen molar-refractivity contribution < 1.29 is 23.0 Å². The molecule has 8 heteroatoms. The van der Waals surface area contributed by atoms with Gasteiger partial charge in [-0.15, -0.1) is 0 Å². The maximum Gasteiger partial charge on any atom is 0.418 e. The number of halogens is 5. The molecule has 0 amide bonds. The molecule has 0 saturated carbocycles. The van der Waals surface area contributed by atoms with Crippen LogP contribution in [0.4, 0.5) is 18.9 Å². The monoisotopic (exact) mass is 409 g/mol. The van der Waals surface area contributed by atoms with Crippen LogP contribution < -0.4 is 10.1 Å². The van der Waals surface area contributed by atoms with Crippen LogP contribution in [0.5, 0.6) is 11.5 Å². The van der Waals surface area contributed by atoms with Gasteiger partial charge in [0.25, 0.3) is 0 Å². The molecule has 2 rings (SSSR count). The summed E-state index contributed by atoms with van der Waals surface area (Å²) in [6.45, 7) is -0.0367. The Labute approximate surface area is 144 Å². The molecule has 23 heavy (non-hydrogen) atoms. The van der Waals surface area contributed by atoms with Crippen molar-refractivity contribution in [2.24, 2.45) is 0 Å². The number of nitrogens with one attached hydrogen (secondary N) is 1. The Morgan fingerprint density at radius 3 is 2.57 bits per heavy atom. The summed E-state index contributed by atoms with van der Waals surface area (Å²) in [6, 6.07) is 6.42. The third kappa shape index (κ3) is 4.23. The quantitative estimate of drug-likeness (QED) is 0.704. The fourth-order valence-corrected chi connectivity index (χ4v) is 2.68. The number of phenolic OH excluding ortho intramolecular Hbond substituents is 1. The number of ether oxygens (including phenoxy) is 1. The maximum atomic E-state index is 13.0. The molecule has 0 saturated heterocycles. The van der Waals surface area contributed by atoms with Crippen LogP contribution in [0.15, 0.2) is 34.8 Å². The molecule has 124 valence electrons. The Morgan fingerprint density at radius 1 is 1.26 bits per heavy atom. The van der Waals surface area contributed by atoms with E-state index in [0.29, 0.717) is 10.0 Å². The van der Waals surface area contributed by atoms with Gasteiger partial charge in [-0.2, -0.15) is 13.2 Å². The summed E-state index contributed by atoms with van der Waals surface area (Å²) in [5, 5.41) is 12.9. The van der Waals surface area contributed by atoms with Gasteiger partial charge in [0.05, 0.1) is 12.7 Å². The summed E-state index contributed by atoms with van der Waals surface area (Å²) >= 11 is 9.02. The second-order valence-electron chi connectivity index (χ2n) is 4.66. The predicted octanol–water partition coefficient (Wildman–Crippen LogP) is 5.45. The summed E-state index contributed by atoms with van der Waals surface area (Å²) in [5.41, 5.74) is -0.615. The number of hydrogen-bond acceptors (Lipinski definition) is 3.